The van der Waals surface area contributed by atoms with Crippen molar-refractivity contribution in [3.63, 3.8) is 0 Å². The standard InChI is InChI=1S/C16H25N3O3S/c1-11-7-8-12(10-14(11)19-23(3,21)22)18-15(20)13-6-4-5-9-16(13,2)17/h7-8,10,13,19H,4-6,9,17H2,1-3H3,(H,18,20). The molecule has 4 N–H and O–H groups in total. The van der Waals surface area contributed by atoms with Gasteiger partial charge in [-0.2, -0.15) is 0 Å². The number of anilines is 2. The van der Waals surface area contributed by atoms with Gasteiger partial charge in [0.05, 0.1) is 17.9 Å². The Morgan fingerprint density at radius 1 is 1.35 bits per heavy atom. The third-order valence-electron chi connectivity index (χ3n) is 4.37. The number of hydrogen-bond donors (Lipinski definition) is 3. The van der Waals surface area contributed by atoms with Crippen molar-refractivity contribution >= 4 is 27.3 Å². The molecule has 0 radical (unpaired) electrons. The van der Waals surface area contributed by atoms with Crippen LogP contribution >= 0.6 is 0 Å². The van der Waals surface area contributed by atoms with Gasteiger partial charge in [-0.1, -0.05) is 18.9 Å². The molecular weight excluding hydrogens is 314 g/mol. The maximum Gasteiger partial charge on any atom is 0.229 e. The Morgan fingerprint density at radius 2 is 2.04 bits per heavy atom. The lowest BCUT2D eigenvalue weighted by Gasteiger charge is -2.37. The van der Waals surface area contributed by atoms with Crippen molar-refractivity contribution in [2.75, 3.05) is 16.3 Å². The molecule has 7 heteroatoms. The second-order valence-electron chi connectivity index (χ2n) is 6.70. The number of rotatable bonds is 4. The zero-order valence-corrected chi connectivity index (χ0v) is 14.7. The van der Waals surface area contributed by atoms with Gasteiger partial charge in [-0.25, -0.2) is 8.42 Å². The van der Waals surface area contributed by atoms with E-state index in [1.165, 1.54) is 0 Å². The van der Waals surface area contributed by atoms with Gasteiger partial charge in [0.1, 0.15) is 0 Å². The highest BCUT2D eigenvalue weighted by Gasteiger charge is 2.37. The van der Waals surface area contributed by atoms with Crippen LogP contribution in [0.15, 0.2) is 18.2 Å². The molecule has 1 saturated carbocycles. The molecule has 23 heavy (non-hydrogen) atoms. The minimum Gasteiger partial charge on any atom is -0.326 e. The van der Waals surface area contributed by atoms with E-state index in [1.54, 1.807) is 25.1 Å². The van der Waals surface area contributed by atoms with Crippen molar-refractivity contribution in [2.45, 2.75) is 45.1 Å². The highest BCUT2D eigenvalue weighted by atomic mass is 32.2. The van der Waals surface area contributed by atoms with E-state index in [-0.39, 0.29) is 11.8 Å². The van der Waals surface area contributed by atoms with E-state index >= 15 is 0 Å². The minimum atomic E-state index is -3.37. The maximum atomic E-state index is 12.5. The van der Waals surface area contributed by atoms with Crippen LogP contribution in [0.25, 0.3) is 0 Å². The van der Waals surface area contributed by atoms with Gasteiger partial charge in [0.25, 0.3) is 0 Å². The third kappa shape index (κ3) is 4.68. The second kappa shape index (κ2) is 6.49. The molecule has 0 spiro atoms. The summed E-state index contributed by atoms with van der Waals surface area (Å²) in [6, 6.07) is 5.16. The van der Waals surface area contributed by atoms with Crippen LogP contribution < -0.4 is 15.8 Å². The van der Waals surface area contributed by atoms with Crippen LogP contribution in [0.4, 0.5) is 11.4 Å². The lowest BCUT2D eigenvalue weighted by atomic mass is 9.74. The Balaban J connectivity index is 2.16. The van der Waals surface area contributed by atoms with Crippen molar-refractivity contribution in [2.24, 2.45) is 11.7 Å². The monoisotopic (exact) mass is 339 g/mol. The molecule has 1 aromatic rings. The van der Waals surface area contributed by atoms with Gasteiger partial charge < -0.3 is 11.1 Å². The molecule has 0 aliphatic heterocycles. The van der Waals surface area contributed by atoms with Crippen molar-refractivity contribution in [3.8, 4) is 0 Å². The molecule has 1 aliphatic rings. The Kier molecular flexibility index (Phi) is 5.01. The van der Waals surface area contributed by atoms with Gasteiger partial charge in [0.2, 0.25) is 15.9 Å². The highest BCUT2D eigenvalue weighted by Crippen LogP contribution is 2.32. The fourth-order valence-electron chi connectivity index (χ4n) is 3.03. The summed E-state index contributed by atoms with van der Waals surface area (Å²) in [5, 5.41) is 2.87. The zero-order chi connectivity index (χ0) is 17.3. The quantitative estimate of drug-likeness (QED) is 0.783. The first-order valence-corrected chi connectivity index (χ1v) is 9.66. The van der Waals surface area contributed by atoms with Gasteiger partial charge in [0.15, 0.2) is 0 Å². The molecule has 2 rings (SSSR count). The third-order valence-corrected chi connectivity index (χ3v) is 4.96. The van der Waals surface area contributed by atoms with E-state index in [4.69, 9.17) is 5.73 Å². The number of benzene rings is 1. The molecule has 0 heterocycles. The summed E-state index contributed by atoms with van der Waals surface area (Å²) in [6.07, 6.45) is 4.75. The van der Waals surface area contributed by atoms with Crippen molar-refractivity contribution in [1.82, 2.24) is 0 Å². The molecule has 1 aliphatic carbocycles. The first-order chi connectivity index (χ1) is 10.6. The van der Waals surface area contributed by atoms with Crippen LogP contribution in [0, 0.1) is 12.8 Å². The molecule has 2 unspecified atom stereocenters. The average molecular weight is 339 g/mol. The Hall–Kier alpha value is -1.60. The number of nitrogens with one attached hydrogen (secondary N) is 2. The van der Waals surface area contributed by atoms with Gasteiger partial charge in [-0.15, -0.1) is 0 Å². The average Bonchev–Trinajstić information content (AvgIpc) is 2.40. The number of sulfonamides is 1. The summed E-state index contributed by atoms with van der Waals surface area (Å²) in [4.78, 5) is 12.5. The number of nitrogens with two attached hydrogens (primary N) is 1. The first kappa shape index (κ1) is 17.7. The van der Waals surface area contributed by atoms with Crippen LogP contribution in [0.2, 0.25) is 0 Å². The van der Waals surface area contributed by atoms with E-state index in [0.29, 0.717) is 11.4 Å². The van der Waals surface area contributed by atoms with E-state index in [1.807, 2.05) is 6.92 Å². The number of aryl methyl sites for hydroxylation is 1. The Morgan fingerprint density at radius 3 is 2.65 bits per heavy atom. The maximum absolute atomic E-state index is 12.5. The van der Waals surface area contributed by atoms with Crippen molar-refractivity contribution in [1.29, 1.82) is 0 Å². The lowest BCUT2D eigenvalue weighted by molar-refractivity contribution is -0.122. The highest BCUT2D eigenvalue weighted by molar-refractivity contribution is 7.92. The summed E-state index contributed by atoms with van der Waals surface area (Å²) in [5.41, 5.74) is 7.57. The zero-order valence-electron chi connectivity index (χ0n) is 13.8. The van der Waals surface area contributed by atoms with Crippen LogP contribution in [-0.4, -0.2) is 26.1 Å². The molecule has 1 amide bonds. The van der Waals surface area contributed by atoms with Gasteiger partial charge >= 0.3 is 0 Å². The molecule has 6 nitrogen and oxygen atoms in total. The second-order valence-corrected chi connectivity index (χ2v) is 8.45. The summed E-state index contributed by atoms with van der Waals surface area (Å²) in [7, 11) is -3.37. The van der Waals surface area contributed by atoms with Crippen LogP contribution in [0.1, 0.15) is 38.2 Å². The topological polar surface area (TPSA) is 101 Å². The normalized spacial score (nSPS) is 25.0. The van der Waals surface area contributed by atoms with Crippen molar-refractivity contribution in [3.05, 3.63) is 23.8 Å². The molecule has 0 aromatic heterocycles. The van der Waals surface area contributed by atoms with Crippen LogP contribution in [-0.2, 0) is 14.8 Å². The fraction of sp³-hybridized carbons (Fsp3) is 0.562. The SMILES string of the molecule is Cc1ccc(NC(=O)C2CCCCC2(C)N)cc1NS(C)(=O)=O. The van der Waals surface area contributed by atoms with Crippen molar-refractivity contribution < 1.29 is 13.2 Å². The molecule has 0 bridgehead atoms. The predicted molar refractivity (Wildman–Crippen MR) is 92.8 cm³/mol. The van der Waals surface area contributed by atoms with E-state index in [9.17, 15) is 13.2 Å². The minimum absolute atomic E-state index is 0.108. The largest absolute Gasteiger partial charge is 0.326 e. The summed E-state index contributed by atoms with van der Waals surface area (Å²) >= 11 is 0. The molecular formula is C16H25N3O3S. The molecule has 0 saturated heterocycles. The number of amides is 1. The van der Waals surface area contributed by atoms with Gasteiger partial charge in [-0.3, -0.25) is 9.52 Å². The molecule has 1 aromatic carbocycles. The summed E-state index contributed by atoms with van der Waals surface area (Å²) in [6.45, 7) is 3.72. The lowest BCUT2D eigenvalue weighted by Crippen LogP contribution is -2.51. The number of carbonyl (C=O) groups is 1. The predicted octanol–water partition coefficient (Wildman–Crippen LogP) is 2.21. The Bertz CT molecular complexity index is 699. The smallest absolute Gasteiger partial charge is 0.229 e. The molecule has 1 fully saturated rings. The van der Waals surface area contributed by atoms with Gasteiger partial charge in [-0.05, 0) is 44.4 Å². The Labute approximate surface area is 137 Å². The van der Waals surface area contributed by atoms with E-state index in [2.05, 4.69) is 10.0 Å². The van der Waals surface area contributed by atoms with Crippen LogP contribution in [0.5, 0.6) is 0 Å². The fourth-order valence-corrected chi connectivity index (χ4v) is 3.65. The van der Waals surface area contributed by atoms with E-state index in [0.717, 1.165) is 37.5 Å². The number of carbonyl (C=O) groups excluding carboxylic acids is 1. The summed E-state index contributed by atoms with van der Waals surface area (Å²) in [5.74, 6) is -0.340. The summed E-state index contributed by atoms with van der Waals surface area (Å²) < 4.78 is 25.3. The van der Waals surface area contributed by atoms with E-state index < -0.39 is 15.6 Å². The molecule has 2 atom stereocenters. The molecule has 128 valence electrons. The first-order valence-electron chi connectivity index (χ1n) is 7.77. The van der Waals surface area contributed by atoms with Crippen LogP contribution in [0.3, 0.4) is 0 Å². The van der Waals surface area contributed by atoms with Gasteiger partial charge in [0, 0.05) is 11.2 Å². The number of hydrogen-bond acceptors (Lipinski definition) is 4.